The highest BCUT2D eigenvalue weighted by atomic mass is 16.5. The summed E-state index contributed by atoms with van der Waals surface area (Å²) in [5, 5.41) is 3.56. The van der Waals surface area contributed by atoms with E-state index < -0.39 is 17.7 Å². The average molecular weight is 433 g/mol. The molecule has 2 heterocycles. The summed E-state index contributed by atoms with van der Waals surface area (Å²) < 4.78 is 11.8. The zero-order chi connectivity index (χ0) is 22.7. The van der Waals surface area contributed by atoms with E-state index in [-0.39, 0.29) is 24.1 Å². The van der Waals surface area contributed by atoms with Crippen molar-refractivity contribution in [2.75, 3.05) is 26.0 Å². The van der Waals surface area contributed by atoms with E-state index in [0.29, 0.717) is 12.0 Å². The van der Waals surface area contributed by atoms with Gasteiger partial charge in [-0.3, -0.25) is 4.79 Å². The van der Waals surface area contributed by atoms with Crippen LogP contribution in [0.2, 0.25) is 0 Å². The summed E-state index contributed by atoms with van der Waals surface area (Å²) in [5.41, 5.74) is 1.51. The molecule has 0 fully saturated rings. The number of anilines is 1. The summed E-state index contributed by atoms with van der Waals surface area (Å²) in [4.78, 5) is 27.7. The van der Waals surface area contributed by atoms with Crippen LogP contribution in [0.25, 0.3) is 0 Å². The second-order valence-electron chi connectivity index (χ2n) is 8.15. The Labute approximate surface area is 188 Å². The zero-order valence-corrected chi connectivity index (χ0v) is 18.6. The Bertz CT molecular complexity index is 1000. The number of likely N-dealkylation sites (N-methyl/N-ethyl adjacent to an activating group) is 1. The number of benzene rings is 2. The van der Waals surface area contributed by atoms with E-state index in [1.54, 1.807) is 21.0 Å². The molecule has 2 aromatic rings. The van der Waals surface area contributed by atoms with Crippen molar-refractivity contribution in [3.63, 3.8) is 0 Å². The number of amides is 1. The van der Waals surface area contributed by atoms with Crippen molar-refractivity contribution in [1.29, 1.82) is 0 Å². The lowest BCUT2D eigenvalue weighted by Crippen LogP contribution is -2.49. The molecular formula is C26H28N2O4. The van der Waals surface area contributed by atoms with E-state index in [2.05, 4.69) is 5.32 Å². The van der Waals surface area contributed by atoms with Crippen LogP contribution in [0.5, 0.6) is 0 Å². The highest BCUT2D eigenvalue weighted by Crippen LogP contribution is 2.47. The van der Waals surface area contributed by atoms with Crippen LogP contribution in [0.15, 0.2) is 84.0 Å². The maximum absolute atomic E-state index is 13.2. The van der Waals surface area contributed by atoms with E-state index in [1.807, 2.05) is 72.8 Å². The minimum atomic E-state index is -1.12. The van der Waals surface area contributed by atoms with Gasteiger partial charge in [-0.25, -0.2) is 4.79 Å². The molecule has 2 aliphatic heterocycles. The molecule has 0 aliphatic carbocycles. The van der Waals surface area contributed by atoms with Crippen molar-refractivity contribution in [1.82, 2.24) is 4.90 Å². The first-order valence-corrected chi connectivity index (χ1v) is 10.8. The number of fused-ring (bicyclic) bond motifs is 2. The van der Waals surface area contributed by atoms with Crippen LogP contribution in [0.1, 0.15) is 12.5 Å². The van der Waals surface area contributed by atoms with Gasteiger partial charge in [-0.1, -0.05) is 54.6 Å². The van der Waals surface area contributed by atoms with E-state index >= 15 is 0 Å². The first kappa shape index (κ1) is 21.8. The molecule has 4 rings (SSSR count). The number of carbonyl (C=O) groups is 2. The monoisotopic (exact) mass is 432 g/mol. The lowest BCUT2D eigenvalue weighted by Gasteiger charge is -2.36. The van der Waals surface area contributed by atoms with Gasteiger partial charge >= 0.3 is 5.97 Å². The summed E-state index contributed by atoms with van der Waals surface area (Å²) in [7, 11) is 3.34. The molecule has 0 aromatic heterocycles. The number of para-hydroxylation sites is 1. The number of hydrogen-bond donors (Lipinski definition) is 1. The van der Waals surface area contributed by atoms with Crippen LogP contribution in [0.4, 0.5) is 5.69 Å². The Kier molecular flexibility index (Phi) is 6.15. The molecule has 32 heavy (non-hydrogen) atoms. The summed E-state index contributed by atoms with van der Waals surface area (Å²) in [6.07, 6.45) is 3.77. The molecule has 2 aromatic carbocycles. The molecule has 2 bridgehead atoms. The van der Waals surface area contributed by atoms with Crippen LogP contribution < -0.4 is 5.32 Å². The fourth-order valence-corrected chi connectivity index (χ4v) is 4.38. The molecule has 166 valence electrons. The first-order chi connectivity index (χ1) is 15.5. The summed E-state index contributed by atoms with van der Waals surface area (Å²) >= 11 is 0. The normalized spacial score (nSPS) is 22.0. The largest absolute Gasteiger partial charge is 0.463 e. The van der Waals surface area contributed by atoms with E-state index in [1.165, 1.54) is 4.90 Å². The van der Waals surface area contributed by atoms with Crippen LogP contribution in [0.3, 0.4) is 0 Å². The molecule has 0 radical (unpaired) electrons. The molecule has 0 saturated heterocycles. The highest BCUT2D eigenvalue weighted by molar-refractivity contribution is 6.07. The second kappa shape index (κ2) is 9.01. The summed E-state index contributed by atoms with van der Waals surface area (Å²) in [6.45, 7) is 1.97. The van der Waals surface area contributed by atoms with Gasteiger partial charge in [0, 0.05) is 19.8 Å². The molecule has 0 spiro atoms. The Morgan fingerprint density at radius 1 is 1.09 bits per heavy atom. The van der Waals surface area contributed by atoms with Gasteiger partial charge in [0.25, 0.3) is 5.91 Å². The molecule has 3 unspecified atom stereocenters. The standard InChI is InChI=1S/C26H28N2O4/c1-4-31-25(30)23-22(24(29)28(2)3)20-15-16-26(23,32-20)21(17-18-11-7-5-8-12-18)27-19-13-9-6-10-14-19/h5-16,20-21,27H,4,17H2,1-3H3. The smallest absolute Gasteiger partial charge is 0.337 e. The average Bonchev–Trinajstić information content (AvgIpc) is 3.38. The van der Waals surface area contributed by atoms with Crippen molar-refractivity contribution in [2.24, 2.45) is 0 Å². The molecule has 0 saturated carbocycles. The van der Waals surface area contributed by atoms with Gasteiger partial charge in [-0.15, -0.1) is 0 Å². The van der Waals surface area contributed by atoms with Crippen LogP contribution >= 0.6 is 0 Å². The second-order valence-corrected chi connectivity index (χ2v) is 8.15. The number of nitrogens with zero attached hydrogens (tertiary/aromatic N) is 1. The lowest BCUT2D eigenvalue weighted by atomic mass is 9.78. The fourth-order valence-electron chi connectivity index (χ4n) is 4.38. The van der Waals surface area contributed by atoms with Crippen molar-refractivity contribution in [3.05, 3.63) is 89.5 Å². The van der Waals surface area contributed by atoms with Crippen LogP contribution in [0, 0.1) is 0 Å². The molecule has 2 aliphatic rings. The van der Waals surface area contributed by atoms with Gasteiger partial charge in [-0.05, 0) is 37.1 Å². The number of hydrogen-bond acceptors (Lipinski definition) is 5. The number of nitrogens with one attached hydrogen (secondary N) is 1. The third kappa shape index (κ3) is 3.94. The molecule has 6 heteroatoms. The number of esters is 1. The number of rotatable bonds is 8. The van der Waals surface area contributed by atoms with Gasteiger partial charge in [0.1, 0.15) is 11.7 Å². The predicted molar refractivity (Wildman–Crippen MR) is 123 cm³/mol. The molecular weight excluding hydrogens is 404 g/mol. The third-order valence-corrected chi connectivity index (χ3v) is 5.82. The van der Waals surface area contributed by atoms with E-state index in [4.69, 9.17) is 9.47 Å². The van der Waals surface area contributed by atoms with Crippen molar-refractivity contribution in [2.45, 2.75) is 31.1 Å². The minimum Gasteiger partial charge on any atom is -0.463 e. The van der Waals surface area contributed by atoms with Crippen LogP contribution in [-0.4, -0.2) is 55.2 Å². The Hall–Kier alpha value is -3.38. The Morgan fingerprint density at radius 2 is 1.75 bits per heavy atom. The number of ether oxygens (including phenoxy) is 2. The quantitative estimate of drug-likeness (QED) is 0.512. The topological polar surface area (TPSA) is 67.9 Å². The van der Waals surface area contributed by atoms with Gasteiger partial charge in [-0.2, -0.15) is 0 Å². The lowest BCUT2D eigenvalue weighted by molar-refractivity contribution is -0.140. The minimum absolute atomic E-state index is 0.214. The van der Waals surface area contributed by atoms with Crippen molar-refractivity contribution in [3.8, 4) is 0 Å². The zero-order valence-electron chi connectivity index (χ0n) is 18.6. The summed E-state index contributed by atoms with van der Waals surface area (Å²) in [5.74, 6) is -0.764. The van der Waals surface area contributed by atoms with Crippen LogP contribution in [-0.2, 0) is 25.5 Å². The van der Waals surface area contributed by atoms with E-state index in [9.17, 15) is 9.59 Å². The Morgan fingerprint density at radius 3 is 2.38 bits per heavy atom. The molecule has 3 atom stereocenters. The third-order valence-electron chi connectivity index (χ3n) is 5.82. The number of carbonyl (C=O) groups excluding carboxylic acids is 2. The maximum atomic E-state index is 13.2. The van der Waals surface area contributed by atoms with Gasteiger partial charge in [0.2, 0.25) is 0 Å². The fraction of sp³-hybridized carbons (Fsp3) is 0.308. The van der Waals surface area contributed by atoms with Gasteiger partial charge in [0.15, 0.2) is 0 Å². The molecule has 1 amide bonds. The van der Waals surface area contributed by atoms with Gasteiger partial charge < -0.3 is 19.7 Å². The van der Waals surface area contributed by atoms with Crippen molar-refractivity contribution < 1.29 is 19.1 Å². The SMILES string of the molecule is CCOC(=O)C1=C(C(=O)N(C)C)C2C=CC1(C(Cc1ccccc1)Nc1ccccc1)O2. The van der Waals surface area contributed by atoms with E-state index in [0.717, 1.165) is 11.3 Å². The maximum Gasteiger partial charge on any atom is 0.337 e. The molecule has 1 N–H and O–H groups in total. The van der Waals surface area contributed by atoms with Gasteiger partial charge in [0.05, 0.1) is 23.8 Å². The predicted octanol–water partition coefficient (Wildman–Crippen LogP) is 3.37. The summed E-state index contributed by atoms with van der Waals surface area (Å²) in [6, 6.07) is 19.5. The Balaban J connectivity index is 1.82. The van der Waals surface area contributed by atoms with Crippen molar-refractivity contribution >= 4 is 17.6 Å². The molecule has 6 nitrogen and oxygen atoms in total. The first-order valence-electron chi connectivity index (χ1n) is 10.8. The highest BCUT2D eigenvalue weighted by Gasteiger charge is 2.58.